The Kier molecular flexibility index (Phi) is 8.25. The third kappa shape index (κ3) is 6.02. The number of rotatable bonds is 6. The maximum Gasteiger partial charge on any atom is 0.343 e. The molecule has 5 aliphatic heterocycles. The SMILES string of the molecule is O=C1CCN(N2C(=O)c3ccc(N4CCC(N5CCN(CC6CCN(c7ccn8c(n7)nc7ccccc78)CC6)CC5)C(F)(F)C4)cc3C2=O)C(=O)N1. The first kappa shape index (κ1) is 33.6. The molecule has 5 amide bonds. The van der Waals surface area contributed by atoms with Gasteiger partial charge in [-0.05, 0) is 61.6 Å². The van der Waals surface area contributed by atoms with Crippen LogP contribution in [0.15, 0.2) is 54.7 Å². The highest BCUT2D eigenvalue weighted by molar-refractivity contribution is 6.22. The predicted molar refractivity (Wildman–Crippen MR) is 191 cm³/mol. The van der Waals surface area contributed by atoms with Gasteiger partial charge in [0.1, 0.15) is 5.82 Å². The fraction of sp³-hybridized carbons (Fsp3) is 0.459. The van der Waals surface area contributed by atoms with E-state index in [0.29, 0.717) is 37.0 Å². The third-order valence-electron chi connectivity index (χ3n) is 11.5. The molecule has 276 valence electrons. The average molecular weight is 727 g/mol. The number of para-hydroxylation sites is 2. The monoisotopic (exact) mass is 726 g/mol. The highest BCUT2D eigenvalue weighted by Gasteiger charge is 2.49. The molecule has 1 unspecified atom stereocenters. The van der Waals surface area contributed by atoms with Crippen LogP contribution in [0.3, 0.4) is 0 Å². The molecular weight excluding hydrogens is 686 g/mol. The zero-order chi connectivity index (χ0) is 36.4. The van der Waals surface area contributed by atoms with E-state index < -0.39 is 42.3 Å². The first-order valence-electron chi connectivity index (χ1n) is 18.3. The Bertz CT molecular complexity index is 2130. The molecule has 0 radical (unpaired) electrons. The van der Waals surface area contributed by atoms with Crippen LogP contribution in [0, 0.1) is 5.92 Å². The lowest BCUT2D eigenvalue weighted by atomic mass is 9.95. The van der Waals surface area contributed by atoms with Crippen LogP contribution >= 0.6 is 0 Å². The number of hydrazine groups is 1. The fourth-order valence-electron chi connectivity index (χ4n) is 8.66. The molecule has 14 nitrogen and oxygen atoms in total. The number of benzene rings is 2. The fourth-order valence-corrected chi connectivity index (χ4v) is 8.66. The lowest BCUT2D eigenvalue weighted by Gasteiger charge is -2.47. The van der Waals surface area contributed by atoms with E-state index in [-0.39, 0.29) is 30.5 Å². The third-order valence-corrected chi connectivity index (χ3v) is 11.5. The van der Waals surface area contributed by atoms with Crippen molar-refractivity contribution < 1.29 is 28.0 Å². The second kappa shape index (κ2) is 13.0. The van der Waals surface area contributed by atoms with Crippen molar-refractivity contribution in [1.29, 1.82) is 0 Å². The quantitative estimate of drug-likeness (QED) is 0.296. The molecule has 0 bridgehead atoms. The van der Waals surface area contributed by atoms with E-state index >= 15 is 8.78 Å². The Balaban J connectivity index is 0.768. The summed E-state index contributed by atoms with van der Waals surface area (Å²) < 4.78 is 33.7. The standard InChI is InChI=1S/C37H40F2N10O4/c38-37(39)23-46(25-5-6-26-27(21-25)34(52)49(33(26)51)48-16-11-32(50)42-36(48)53)14-9-30(37)44-19-17-43(18-20-44)22-24-7-12-45(13-8-24)31-10-15-47-29-4-2-1-3-28(29)40-35(47)41-31/h1-6,10,15,21,24,30H,7-9,11-14,16-20,22-23H2,(H,42,50,53). The summed E-state index contributed by atoms with van der Waals surface area (Å²) in [4.78, 5) is 68.0. The summed E-state index contributed by atoms with van der Waals surface area (Å²) in [6.07, 6.45) is 4.36. The largest absolute Gasteiger partial charge is 0.365 e. The van der Waals surface area contributed by atoms with Gasteiger partial charge in [0.05, 0.1) is 41.3 Å². The molecule has 9 rings (SSSR count). The van der Waals surface area contributed by atoms with Crippen LogP contribution < -0.4 is 15.1 Å². The summed E-state index contributed by atoms with van der Waals surface area (Å²) in [6.45, 7) is 5.24. The molecule has 53 heavy (non-hydrogen) atoms. The van der Waals surface area contributed by atoms with E-state index in [2.05, 4.69) is 26.2 Å². The Morgan fingerprint density at radius 1 is 0.792 bits per heavy atom. The second-order valence-corrected chi connectivity index (χ2v) is 14.7. The number of fused-ring (bicyclic) bond motifs is 4. The maximum atomic E-state index is 15.8. The number of nitrogens with zero attached hydrogens (tertiary/aromatic N) is 9. The number of carbonyl (C=O) groups is 4. The number of piperidine rings is 2. The Labute approximate surface area is 303 Å². The van der Waals surface area contributed by atoms with Gasteiger partial charge in [0.15, 0.2) is 0 Å². The van der Waals surface area contributed by atoms with Crippen molar-refractivity contribution in [3.05, 3.63) is 65.9 Å². The minimum atomic E-state index is -2.99. The first-order chi connectivity index (χ1) is 25.6. The van der Waals surface area contributed by atoms with Crippen molar-refractivity contribution in [3.63, 3.8) is 0 Å². The maximum absolute atomic E-state index is 15.8. The van der Waals surface area contributed by atoms with Gasteiger partial charge in [0.25, 0.3) is 17.7 Å². The van der Waals surface area contributed by atoms with Crippen LogP contribution in [-0.2, 0) is 4.79 Å². The molecule has 0 saturated carbocycles. The number of urea groups is 1. The number of hydrogen-bond acceptors (Lipinski definition) is 10. The molecule has 4 aromatic rings. The molecule has 5 aliphatic rings. The summed E-state index contributed by atoms with van der Waals surface area (Å²) in [5.74, 6) is -2.70. The number of imidazole rings is 1. The molecule has 16 heteroatoms. The minimum Gasteiger partial charge on any atom is -0.365 e. The van der Waals surface area contributed by atoms with Crippen LogP contribution in [0.5, 0.6) is 0 Å². The molecule has 2 aromatic carbocycles. The summed E-state index contributed by atoms with van der Waals surface area (Å²) in [6, 6.07) is 12.8. The highest BCUT2D eigenvalue weighted by atomic mass is 19.3. The van der Waals surface area contributed by atoms with E-state index in [1.807, 2.05) is 39.8 Å². The van der Waals surface area contributed by atoms with E-state index in [0.717, 1.165) is 72.4 Å². The number of imide groups is 2. The summed E-state index contributed by atoms with van der Waals surface area (Å²) in [5.41, 5.74) is 2.53. The van der Waals surface area contributed by atoms with Crippen molar-refractivity contribution >= 4 is 52.1 Å². The molecule has 1 N–H and O–H groups in total. The van der Waals surface area contributed by atoms with E-state index in [9.17, 15) is 19.2 Å². The molecular formula is C37H40F2N10O4. The number of piperazine rings is 1. The van der Waals surface area contributed by atoms with Crippen molar-refractivity contribution in [2.24, 2.45) is 5.92 Å². The predicted octanol–water partition coefficient (Wildman–Crippen LogP) is 3.08. The highest BCUT2D eigenvalue weighted by Crippen LogP contribution is 2.36. The van der Waals surface area contributed by atoms with Crippen molar-refractivity contribution in [3.8, 4) is 0 Å². The van der Waals surface area contributed by atoms with Crippen molar-refractivity contribution in [2.75, 3.05) is 75.2 Å². The summed E-state index contributed by atoms with van der Waals surface area (Å²) in [5, 5.41) is 3.75. The van der Waals surface area contributed by atoms with Crippen LogP contribution in [0.4, 0.5) is 25.1 Å². The summed E-state index contributed by atoms with van der Waals surface area (Å²) >= 11 is 0. The van der Waals surface area contributed by atoms with Gasteiger partial charge in [-0.3, -0.25) is 29.0 Å². The van der Waals surface area contributed by atoms with Crippen molar-refractivity contribution in [2.45, 2.75) is 37.6 Å². The Morgan fingerprint density at radius 2 is 1.55 bits per heavy atom. The van der Waals surface area contributed by atoms with Crippen LogP contribution in [0.1, 0.15) is 46.4 Å². The molecule has 7 heterocycles. The van der Waals surface area contributed by atoms with E-state index in [1.54, 1.807) is 11.0 Å². The van der Waals surface area contributed by atoms with Gasteiger partial charge in [0, 0.05) is 70.7 Å². The second-order valence-electron chi connectivity index (χ2n) is 14.7. The van der Waals surface area contributed by atoms with Gasteiger partial charge < -0.3 is 14.7 Å². The summed E-state index contributed by atoms with van der Waals surface area (Å²) in [7, 11) is 0. The lowest BCUT2D eigenvalue weighted by molar-refractivity contribution is -0.122. The molecule has 4 saturated heterocycles. The number of alkyl halides is 2. The number of anilines is 2. The number of aromatic nitrogens is 3. The zero-order valence-electron chi connectivity index (χ0n) is 29.2. The zero-order valence-corrected chi connectivity index (χ0v) is 29.2. The van der Waals surface area contributed by atoms with Gasteiger partial charge >= 0.3 is 6.03 Å². The average Bonchev–Trinajstić information content (AvgIpc) is 3.65. The number of halogens is 2. The van der Waals surface area contributed by atoms with Gasteiger partial charge in [-0.1, -0.05) is 12.1 Å². The number of amides is 5. The number of nitrogens with one attached hydrogen (secondary N) is 1. The Morgan fingerprint density at radius 3 is 2.32 bits per heavy atom. The van der Waals surface area contributed by atoms with E-state index in [4.69, 9.17) is 4.98 Å². The first-order valence-corrected chi connectivity index (χ1v) is 18.3. The lowest BCUT2D eigenvalue weighted by Crippen LogP contribution is -2.62. The minimum absolute atomic E-state index is 0.0470. The van der Waals surface area contributed by atoms with Crippen LogP contribution in [0.25, 0.3) is 16.8 Å². The topological polar surface area (TPSA) is 130 Å². The number of carbonyl (C=O) groups excluding carboxylic acids is 4. The van der Waals surface area contributed by atoms with Crippen molar-refractivity contribution in [1.82, 2.24) is 39.5 Å². The van der Waals surface area contributed by atoms with Crippen LogP contribution in [0.2, 0.25) is 0 Å². The molecule has 0 spiro atoms. The van der Waals surface area contributed by atoms with Gasteiger partial charge in [-0.15, -0.1) is 0 Å². The molecule has 2 aromatic heterocycles. The molecule has 1 atom stereocenters. The van der Waals surface area contributed by atoms with Gasteiger partial charge in [-0.2, -0.15) is 9.99 Å². The normalized spacial score (nSPS) is 23.4. The molecule has 0 aliphatic carbocycles. The Hall–Kier alpha value is -5.22. The number of hydrogen-bond donors (Lipinski definition) is 1. The van der Waals surface area contributed by atoms with Crippen LogP contribution in [-0.4, -0.2) is 135 Å². The van der Waals surface area contributed by atoms with Gasteiger partial charge in [0.2, 0.25) is 11.7 Å². The van der Waals surface area contributed by atoms with E-state index in [1.165, 1.54) is 12.1 Å². The smallest absolute Gasteiger partial charge is 0.343 e. The molecule has 4 fully saturated rings. The van der Waals surface area contributed by atoms with Gasteiger partial charge in [-0.25, -0.2) is 23.6 Å².